The quantitative estimate of drug-likeness (QED) is 0.133. The summed E-state index contributed by atoms with van der Waals surface area (Å²) in [5, 5.41) is 29.8. The van der Waals surface area contributed by atoms with Crippen molar-refractivity contribution in [1.82, 2.24) is 4.90 Å². The Morgan fingerprint density at radius 2 is 1.83 bits per heavy atom. The number of benzene rings is 1. The van der Waals surface area contributed by atoms with Gasteiger partial charge < -0.3 is 24.6 Å². The molecule has 1 aromatic carbocycles. The largest absolute Gasteiger partial charge is 0.507 e. The highest BCUT2D eigenvalue weighted by atomic mass is 16.5. The van der Waals surface area contributed by atoms with E-state index in [-0.39, 0.29) is 37.0 Å². The third-order valence-electron chi connectivity index (χ3n) is 9.06. The van der Waals surface area contributed by atoms with Gasteiger partial charge in [0, 0.05) is 20.1 Å². The maximum Gasteiger partial charge on any atom is 0.455 e. The van der Waals surface area contributed by atoms with Crippen molar-refractivity contribution < 1.29 is 39.0 Å². The molecule has 2 amide bonds. The third-order valence-corrected chi connectivity index (χ3v) is 9.06. The van der Waals surface area contributed by atoms with E-state index < -0.39 is 31.0 Å². The van der Waals surface area contributed by atoms with E-state index in [1.807, 2.05) is 26.0 Å². The average molecular weight is 582 g/mol. The number of carbonyl (C=O) groups excluding carboxylic acids is 2. The standard InChI is InChI=1S/C32H44BNO8/c1-5-21(15-22-13-19(2)30(37)20(3)14-22)10-11-26-28-23(18-41-4)16-24-29(25(28)17-33(40)42-26)32(39)34(31(24)38)12-8-6-7-9-27(35)36/h13-15,24-26,29,37,40H,5-12,16-18H2,1-4H3,(H,35,36)/b21-15+/t24-,25+,26-,29-/m1/s1. The number of nitrogens with zero attached hydrogens (tertiary/aromatic N) is 1. The monoisotopic (exact) mass is 581 g/mol. The number of hydrogen-bond acceptors (Lipinski definition) is 7. The molecule has 228 valence electrons. The lowest BCUT2D eigenvalue weighted by molar-refractivity contribution is -0.141. The molecule has 0 bridgehead atoms. The zero-order valence-electron chi connectivity index (χ0n) is 25.2. The lowest BCUT2D eigenvalue weighted by atomic mass is 9.58. The first-order valence-corrected chi connectivity index (χ1v) is 15.2. The molecule has 2 heterocycles. The molecule has 1 aliphatic carbocycles. The van der Waals surface area contributed by atoms with Crippen LogP contribution in [0.1, 0.15) is 75.0 Å². The maximum absolute atomic E-state index is 13.7. The summed E-state index contributed by atoms with van der Waals surface area (Å²) < 4.78 is 11.7. The first-order chi connectivity index (χ1) is 20.0. The van der Waals surface area contributed by atoms with Gasteiger partial charge in [0.2, 0.25) is 11.8 Å². The Kier molecular flexibility index (Phi) is 10.7. The predicted octanol–water partition coefficient (Wildman–Crippen LogP) is 4.67. The number of carboxylic acids is 1. The van der Waals surface area contributed by atoms with E-state index in [0.717, 1.165) is 40.7 Å². The fraction of sp³-hybridized carbons (Fsp3) is 0.594. The molecule has 4 rings (SSSR count). The van der Waals surface area contributed by atoms with Crippen molar-refractivity contribution in [3.05, 3.63) is 45.5 Å². The van der Waals surface area contributed by atoms with Crippen LogP contribution in [0, 0.1) is 31.6 Å². The van der Waals surface area contributed by atoms with Crippen LogP contribution in [-0.2, 0) is 23.8 Å². The number of aromatic hydroxyl groups is 1. The van der Waals surface area contributed by atoms with Crippen molar-refractivity contribution in [2.75, 3.05) is 20.3 Å². The summed E-state index contributed by atoms with van der Waals surface area (Å²) >= 11 is 0. The molecule has 3 N–H and O–H groups in total. The number of hydrogen-bond donors (Lipinski definition) is 3. The molecule has 2 saturated heterocycles. The zero-order chi connectivity index (χ0) is 30.6. The van der Waals surface area contributed by atoms with Gasteiger partial charge in [0.25, 0.3) is 0 Å². The molecule has 0 aromatic heterocycles. The second-order valence-electron chi connectivity index (χ2n) is 12.0. The van der Waals surface area contributed by atoms with E-state index in [0.29, 0.717) is 44.5 Å². The van der Waals surface area contributed by atoms with Crippen molar-refractivity contribution >= 4 is 31.0 Å². The number of unbranched alkanes of at least 4 members (excludes halogenated alkanes) is 2. The number of carboxylic acid groups (broad SMARTS) is 1. The molecule has 2 fully saturated rings. The highest BCUT2D eigenvalue weighted by Crippen LogP contribution is 2.50. The minimum Gasteiger partial charge on any atom is -0.507 e. The van der Waals surface area contributed by atoms with Crippen LogP contribution in [0.2, 0.25) is 6.32 Å². The second kappa shape index (κ2) is 14.0. The Morgan fingerprint density at radius 1 is 1.12 bits per heavy atom. The molecule has 42 heavy (non-hydrogen) atoms. The Labute approximate surface area is 248 Å². The average Bonchev–Trinajstić information content (AvgIpc) is 3.17. The molecule has 0 radical (unpaired) electrons. The third kappa shape index (κ3) is 6.98. The Hall–Kier alpha value is -2.95. The van der Waals surface area contributed by atoms with Crippen molar-refractivity contribution in [3.8, 4) is 5.75 Å². The Morgan fingerprint density at radius 3 is 2.48 bits per heavy atom. The van der Waals surface area contributed by atoms with Crippen LogP contribution in [-0.4, -0.2) is 71.4 Å². The van der Waals surface area contributed by atoms with Gasteiger partial charge in [-0.2, -0.15) is 0 Å². The Balaban J connectivity index is 1.53. The van der Waals surface area contributed by atoms with Crippen LogP contribution in [0.3, 0.4) is 0 Å². The van der Waals surface area contributed by atoms with Gasteiger partial charge in [0.15, 0.2) is 0 Å². The van der Waals surface area contributed by atoms with Gasteiger partial charge in [-0.15, -0.1) is 0 Å². The summed E-state index contributed by atoms with van der Waals surface area (Å²) in [5.74, 6) is -2.21. The smallest absolute Gasteiger partial charge is 0.455 e. The summed E-state index contributed by atoms with van der Waals surface area (Å²) in [7, 11) is 0.586. The molecule has 1 aromatic rings. The normalized spacial score (nSPS) is 24.4. The molecular weight excluding hydrogens is 537 g/mol. The summed E-state index contributed by atoms with van der Waals surface area (Å²) in [6, 6.07) is 3.94. The van der Waals surface area contributed by atoms with E-state index in [9.17, 15) is 24.5 Å². The number of amides is 2. The Bertz CT molecular complexity index is 1230. The number of methoxy groups -OCH3 is 1. The summed E-state index contributed by atoms with van der Waals surface area (Å²) in [6.07, 6.45) is 6.42. The molecule has 0 saturated carbocycles. The van der Waals surface area contributed by atoms with Crippen LogP contribution in [0.5, 0.6) is 5.75 Å². The van der Waals surface area contributed by atoms with Crippen LogP contribution < -0.4 is 0 Å². The fourth-order valence-corrected chi connectivity index (χ4v) is 7.06. The van der Waals surface area contributed by atoms with Gasteiger partial charge in [-0.25, -0.2) is 0 Å². The van der Waals surface area contributed by atoms with E-state index in [1.54, 1.807) is 7.11 Å². The topological polar surface area (TPSA) is 134 Å². The van der Waals surface area contributed by atoms with E-state index in [4.69, 9.17) is 14.5 Å². The predicted molar refractivity (Wildman–Crippen MR) is 160 cm³/mol. The van der Waals surface area contributed by atoms with Crippen LogP contribution >= 0.6 is 0 Å². The summed E-state index contributed by atoms with van der Waals surface area (Å²) in [6.45, 7) is 6.50. The number of likely N-dealkylation sites (tertiary alicyclic amines) is 1. The molecule has 0 spiro atoms. The van der Waals surface area contributed by atoms with Gasteiger partial charge in [-0.05, 0) is 105 Å². The number of phenolic OH excluding ortho intramolecular Hbond substituents is 1. The highest BCUT2D eigenvalue weighted by Gasteiger charge is 2.57. The number of imide groups is 1. The molecule has 2 aliphatic heterocycles. The van der Waals surface area contributed by atoms with Crippen molar-refractivity contribution in [1.29, 1.82) is 0 Å². The summed E-state index contributed by atoms with van der Waals surface area (Å²) in [4.78, 5) is 39.3. The van der Waals surface area contributed by atoms with Crippen molar-refractivity contribution in [2.45, 2.75) is 84.6 Å². The second-order valence-corrected chi connectivity index (χ2v) is 12.0. The van der Waals surface area contributed by atoms with E-state index in [2.05, 4.69) is 13.0 Å². The SMILES string of the molecule is CC/C(=C\c1cc(C)c(O)c(C)c1)CC[C@H]1OB(O)C[C@H]2C1=C(COC)C[C@H]1C(=O)N(CCCCCC(=O)O)C(=O)[C@H]12. The van der Waals surface area contributed by atoms with Gasteiger partial charge >= 0.3 is 13.1 Å². The van der Waals surface area contributed by atoms with Gasteiger partial charge in [0.1, 0.15) is 5.75 Å². The van der Waals surface area contributed by atoms with Crippen LogP contribution in [0.15, 0.2) is 28.9 Å². The highest BCUT2D eigenvalue weighted by molar-refractivity contribution is 6.43. The molecule has 3 aliphatic rings. The van der Waals surface area contributed by atoms with Gasteiger partial charge in [-0.3, -0.25) is 19.3 Å². The molecule has 4 atom stereocenters. The van der Waals surface area contributed by atoms with E-state index in [1.165, 1.54) is 10.5 Å². The molecule has 10 heteroatoms. The van der Waals surface area contributed by atoms with Gasteiger partial charge in [0.05, 0.1) is 24.5 Å². The van der Waals surface area contributed by atoms with Crippen LogP contribution in [0.4, 0.5) is 0 Å². The number of aryl methyl sites for hydroxylation is 2. The number of carbonyl (C=O) groups is 3. The minimum absolute atomic E-state index is 0.0747. The number of allylic oxidation sites excluding steroid dienone is 1. The minimum atomic E-state index is -1.03. The van der Waals surface area contributed by atoms with Crippen molar-refractivity contribution in [3.63, 3.8) is 0 Å². The zero-order valence-corrected chi connectivity index (χ0v) is 25.2. The first kappa shape index (κ1) is 32.0. The number of fused-ring (bicyclic) bond motifs is 3. The van der Waals surface area contributed by atoms with Crippen LogP contribution in [0.25, 0.3) is 6.08 Å². The maximum atomic E-state index is 13.7. The lowest BCUT2D eigenvalue weighted by Gasteiger charge is -2.43. The first-order valence-electron chi connectivity index (χ1n) is 15.2. The molecular formula is C32H44BNO8. The van der Waals surface area contributed by atoms with Gasteiger partial charge in [-0.1, -0.05) is 25.0 Å². The molecule has 0 unspecified atom stereocenters. The number of ether oxygens (including phenoxy) is 1. The fourth-order valence-electron chi connectivity index (χ4n) is 7.06. The number of phenols is 1. The number of rotatable bonds is 13. The number of aliphatic carboxylic acids is 1. The van der Waals surface area contributed by atoms with E-state index >= 15 is 0 Å². The van der Waals surface area contributed by atoms with Crippen molar-refractivity contribution in [2.24, 2.45) is 17.8 Å². The summed E-state index contributed by atoms with van der Waals surface area (Å²) in [5.41, 5.74) is 5.88. The lowest BCUT2D eigenvalue weighted by Crippen LogP contribution is -2.46. The molecule has 9 nitrogen and oxygen atoms in total.